The van der Waals surface area contributed by atoms with Crippen LogP contribution in [-0.2, 0) is 0 Å². The molecule has 1 aliphatic rings. The molecule has 2 aromatic carbocycles. The van der Waals surface area contributed by atoms with Gasteiger partial charge in [-0.2, -0.15) is 0 Å². The Kier molecular flexibility index (Phi) is 2.93. The van der Waals surface area contributed by atoms with E-state index in [1.807, 2.05) is 0 Å². The second kappa shape index (κ2) is 4.72. The molecule has 1 saturated heterocycles. The largest absolute Gasteiger partial charge is 0.303 e. The molecule has 0 saturated carbocycles. The fourth-order valence-corrected chi connectivity index (χ4v) is 2.64. The van der Waals surface area contributed by atoms with Crippen molar-refractivity contribution in [2.45, 2.75) is 24.9 Å². The summed E-state index contributed by atoms with van der Waals surface area (Å²) in [5, 5.41) is 3.72. The first-order valence-electron chi connectivity index (χ1n) is 6.29. The van der Waals surface area contributed by atoms with Crippen LogP contribution >= 0.6 is 0 Å². The van der Waals surface area contributed by atoms with E-state index in [-0.39, 0.29) is 0 Å². The van der Waals surface area contributed by atoms with Gasteiger partial charge in [0.15, 0.2) is 0 Å². The molecule has 86 valence electrons. The maximum Gasteiger partial charge on any atom is 0.0326 e. The smallest absolute Gasteiger partial charge is 0.0326 e. The van der Waals surface area contributed by atoms with Crippen LogP contribution in [0.5, 0.6) is 0 Å². The van der Waals surface area contributed by atoms with Crippen molar-refractivity contribution >= 4 is 0 Å². The van der Waals surface area contributed by atoms with Crippen LogP contribution in [0.2, 0.25) is 0 Å². The van der Waals surface area contributed by atoms with Crippen molar-refractivity contribution in [3.63, 3.8) is 0 Å². The molecule has 2 atom stereocenters. The van der Waals surface area contributed by atoms with E-state index in [4.69, 9.17) is 0 Å². The van der Waals surface area contributed by atoms with Gasteiger partial charge in [0.05, 0.1) is 0 Å². The van der Waals surface area contributed by atoms with E-state index in [1.54, 1.807) is 0 Å². The third kappa shape index (κ3) is 2.25. The van der Waals surface area contributed by atoms with Crippen LogP contribution in [0.25, 0.3) is 0 Å². The van der Waals surface area contributed by atoms with Gasteiger partial charge in [0.1, 0.15) is 0 Å². The van der Waals surface area contributed by atoms with E-state index in [0.717, 1.165) is 0 Å². The molecular formula is C16H17N. The lowest BCUT2D eigenvalue weighted by molar-refractivity contribution is 0.574. The second-order valence-corrected chi connectivity index (χ2v) is 4.67. The minimum atomic E-state index is 0.515. The van der Waals surface area contributed by atoms with Crippen molar-refractivity contribution in [3.8, 4) is 0 Å². The Morgan fingerprint density at radius 1 is 0.647 bits per heavy atom. The topological polar surface area (TPSA) is 12.0 Å². The zero-order valence-corrected chi connectivity index (χ0v) is 9.84. The van der Waals surface area contributed by atoms with Gasteiger partial charge in [-0.15, -0.1) is 0 Å². The van der Waals surface area contributed by atoms with Crippen molar-refractivity contribution in [3.05, 3.63) is 71.8 Å². The first-order valence-corrected chi connectivity index (χ1v) is 6.29. The highest BCUT2D eigenvalue weighted by Gasteiger charge is 2.25. The van der Waals surface area contributed by atoms with Crippen molar-refractivity contribution in [2.24, 2.45) is 0 Å². The summed E-state index contributed by atoms with van der Waals surface area (Å²) in [5.41, 5.74) is 2.82. The second-order valence-electron chi connectivity index (χ2n) is 4.67. The maximum absolute atomic E-state index is 3.72. The quantitative estimate of drug-likeness (QED) is 0.815. The van der Waals surface area contributed by atoms with Gasteiger partial charge in [0, 0.05) is 12.1 Å². The summed E-state index contributed by atoms with van der Waals surface area (Å²) in [6.07, 6.45) is 2.45. The Labute approximate surface area is 102 Å². The summed E-state index contributed by atoms with van der Waals surface area (Å²) in [4.78, 5) is 0. The van der Waals surface area contributed by atoms with Gasteiger partial charge >= 0.3 is 0 Å². The zero-order chi connectivity index (χ0) is 11.5. The van der Waals surface area contributed by atoms with Gasteiger partial charge in [-0.3, -0.25) is 0 Å². The molecule has 2 unspecified atom stereocenters. The molecule has 0 radical (unpaired) electrons. The molecule has 2 aromatic rings. The Morgan fingerprint density at radius 2 is 1.06 bits per heavy atom. The molecule has 1 heterocycles. The van der Waals surface area contributed by atoms with Crippen LogP contribution in [0, 0.1) is 0 Å². The van der Waals surface area contributed by atoms with Crippen molar-refractivity contribution < 1.29 is 0 Å². The Hall–Kier alpha value is -1.60. The first-order chi connectivity index (χ1) is 8.43. The Morgan fingerprint density at radius 3 is 1.47 bits per heavy atom. The SMILES string of the molecule is c1ccc(C2CCC(c3ccccc3)N2)cc1. The third-order valence-electron chi connectivity index (χ3n) is 3.55. The maximum atomic E-state index is 3.72. The number of hydrogen-bond acceptors (Lipinski definition) is 1. The molecule has 0 spiro atoms. The number of hydrogen-bond donors (Lipinski definition) is 1. The molecule has 17 heavy (non-hydrogen) atoms. The predicted octanol–water partition coefficient (Wildman–Crippen LogP) is 3.85. The van der Waals surface area contributed by atoms with Gasteiger partial charge < -0.3 is 5.32 Å². The van der Waals surface area contributed by atoms with E-state index in [9.17, 15) is 0 Å². The zero-order valence-electron chi connectivity index (χ0n) is 9.84. The average molecular weight is 223 g/mol. The monoisotopic (exact) mass is 223 g/mol. The summed E-state index contributed by atoms with van der Waals surface area (Å²) >= 11 is 0. The number of nitrogens with one attached hydrogen (secondary N) is 1. The van der Waals surface area contributed by atoms with Gasteiger partial charge in [0.25, 0.3) is 0 Å². The van der Waals surface area contributed by atoms with E-state index in [2.05, 4.69) is 66.0 Å². The fourth-order valence-electron chi connectivity index (χ4n) is 2.64. The van der Waals surface area contributed by atoms with E-state index < -0.39 is 0 Å². The average Bonchev–Trinajstić information content (AvgIpc) is 2.90. The lowest BCUT2D eigenvalue weighted by Gasteiger charge is -2.14. The highest BCUT2D eigenvalue weighted by atomic mass is 15.0. The lowest BCUT2D eigenvalue weighted by Crippen LogP contribution is -2.17. The Bertz CT molecular complexity index is 418. The minimum Gasteiger partial charge on any atom is -0.303 e. The van der Waals surface area contributed by atoms with Crippen LogP contribution in [-0.4, -0.2) is 0 Å². The fraction of sp³-hybridized carbons (Fsp3) is 0.250. The molecule has 0 bridgehead atoms. The molecule has 1 aliphatic heterocycles. The Balaban J connectivity index is 1.75. The van der Waals surface area contributed by atoms with Crippen LogP contribution in [0.3, 0.4) is 0 Å². The molecular weight excluding hydrogens is 206 g/mol. The summed E-state index contributed by atoms with van der Waals surface area (Å²) in [6, 6.07) is 22.5. The van der Waals surface area contributed by atoms with E-state index >= 15 is 0 Å². The predicted molar refractivity (Wildman–Crippen MR) is 70.7 cm³/mol. The highest BCUT2D eigenvalue weighted by Crippen LogP contribution is 2.33. The first kappa shape index (κ1) is 10.5. The lowest BCUT2D eigenvalue weighted by atomic mass is 10.0. The summed E-state index contributed by atoms with van der Waals surface area (Å²) in [7, 11) is 0. The molecule has 1 fully saturated rings. The molecule has 3 rings (SSSR count). The molecule has 0 aliphatic carbocycles. The van der Waals surface area contributed by atoms with Crippen molar-refractivity contribution in [1.29, 1.82) is 0 Å². The van der Waals surface area contributed by atoms with Gasteiger partial charge in [-0.25, -0.2) is 0 Å². The van der Waals surface area contributed by atoms with Gasteiger partial charge in [-0.1, -0.05) is 60.7 Å². The molecule has 1 heteroatoms. The van der Waals surface area contributed by atoms with Crippen LogP contribution in [0.4, 0.5) is 0 Å². The van der Waals surface area contributed by atoms with Crippen LogP contribution in [0.15, 0.2) is 60.7 Å². The molecule has 0 amide bonds. The standard InChI is InChI=1S/C16H17N/c1-3-7-13(8-4-1)15-11-12-16(17-15)14-9-5-2-6-10-14/h1-10,15-17H,11-12H2. The minimum absolute atomic E-state index is 0.515. The summed E-state index contributed by atoms with van der Waals surface area (Å²) in [6.45, 7) is 0. The molecule has 1 N–H and O–H groups in total. The van der Waals surface area contributed by atoms with E-state index in [1.165, 1.54) is 24.0 Å². The highest BCUT2D eigenvalue weighted by molar-refractivity contribution is 5.24. The normalized spacial score (nSPS) is 23.8. The van der Waals surface area contributed by atoms with Gasteiger partial charge in [0.2, 0.25) is 0 Å². The van der Waals surface area contributed by atoms with Crippen LogP contribution < -0.4 is 5.32 Å². The third-order valence-corrected chi connectivity index (χ3v) is 3.55. The summed E-state index contributed by atoms with van der Waals surface area (Å²) < 4.78 is 0. The number of rotatable bonds is 2. The van der Waals surface area contributed by atoms with Crippen molar-refractivity contribution in [1.82, 2.24) is 5.32 Å². The van der Waals surface area contributed by atoms with Gasteiger partial charge in [-0.05, 0) is 24.0 Å². The number of benzene rings is 2. The van der Waals surface area contributed by atoms with Crippen LogP contribution in [0.1, 0.15) is 36.1 Å². The van der Waals surface area contributed by atoms with Crippen molar-refractivity contribution in [2.75, 3.05) is 0 Å². The molecule has 0 aromatic heterocycles. The summed E-state index contributed by atoms with van der Waals surface area (Å²) in [5.74, 6) is 0. The molecule has 1 nitrogen and oxygen atoms in total. The van der Waals surface area contributed by atoms with E-state index in [0.29, 0.717) is 12.1 Å².